The molecule has 0 fully saturated rings. The Morgan fingerprint density at radius 2 is 1.95 bits per heavy atom. The molecule has 2 aromatic rings. The highest BCUT2D eigenvalue weighted by Gasteiger charge is 2.21. The summed E-state index contributed by atoms with van der Waals surface area (Å²) in [7, 11) is -3.43. The van der Waals surface area contributed by atoms with E-state index in [1.54, 1.807) is 6.92 Å². The molecule has 0 aliphatic rings. The van der Waals surface area contributed by atoms with Crippen LogP contribution in [0.1, 0.15) is 37.2 Å². The molecule has 0 saturated carbocycles. The summed E-state index contributed by atoms with van der Waals surface area (Å²) in [6.45, 7) is 3.56. The lowest BCUT2D eigenvalue weighted by atomic mass is 10.0. The second-order valence-electron chi connectivity index (χ2n) is 4.70. The molecule has 8 heteroatoms. The Morgan fingerprint density at radius 3 is 2.55 bits per heavy atom. The minimum absolute atomic E-state index is 0.0131. The smallest absolute Gasteiger partial charge is 0.212 e. The number of sulfonamides is 1. The van der Waals surface area contributed by atoms with Gasteiger partial charge in [-0.25, -0.2) is 13.1 Å². The second-order valence-corrected chi connectivity index (χ2v) is 6.50. The summed E-state index contributed by atoms with van der Waals surface area (Å²) in [5.74, 6) is 0.242. The number of benzene rings is 1. The Bertz CT molecular complexity index is 627. The van der Waals surface area contributed by atoms with Crippen LogP contribution in [0.5, 0.6) is 0 Å². The van der Waals surface area contributed by atoms with Crippen molar-refractivity contribution in [2.75, 3.05) is 5.75 Å². The van der Waals surface area contributed by atoms with E-state index in [-0.39, 0.29) is 11.7 Å². The molecule has 0 aliphatic carbocycles. The Kier molecular flexibility index (Phi) is 4.46. The molecule has 2 rings (SSSR count). The van der Waals surface area contributed by atoms with Gasteiger partial charge in [0.1, 0.15) is 0 Å². The Hall–Kier alpha value is -1.80. The predicted octanol–water partition coefficient (Wildman–Crippen LogP) is 0.984. The molecule has 0 spiro atoms. The van der Waals surface area contributed by atoms with Crippen molar-refractivity contribution in [3.63, 3.8) is 0 Å². The normalized spacial score (nSPS) is 14.9. The number of hydrogen-bond donors (Lipinski definition) is 2. The van der Waals surface area contributed by atoms with E-state index in [0.29, 0.717) is 5.82 Å². The first-order chi connectivity index (χ1) is 9.48. The maximum atomic E-state index is 12.1. The van der Waals surface area contributed by atoms with Crippen LogP contribution in [0.3, 0.4) is 0 Å². The number of H-pyrrole nitrogens is 1. The number of aromatic nitrogens is 4. The fourth-order valence-electron chi connectivity index (χ4n) is 1.93. The van der Waals surface area contributed by atoms with E-state index >= 15 is 0 Å². The first-order valence-electron chi connectivity index (χ1n) is 6.26. The van der Waals surface area contributed by atoms with Crippen molar-refractivity contribution in [1.82, 2.24) is 25.3 Å². The summed E-state index contributed by atoms with van der Waals surface area (Å²) in [5, 5.41) is 13.2. The van der Waals surface area contributed by atoms with Gasteiger partial charge in [0.15, 0.2) is 5.82 Å². The lowest BCUT2D eigenvalue weighted by Crippen LogP contribution is -2.31. The highest BCUT2D eigenvalue weighted by molar-refractivity contribution is 7.89. The van der Waals surface area contributed by atoms with Crippen LogP contribution in [0.15, 0.2) is 30.3 Å². The summed E-state index contributed by atoms with van der Waals surface area (Å²) < 4.78 is 26.8. The van der Waals surface area contributed by atoms with E-state index in [1.165, 1.54) is 0 Å². The van der Waals surface area contributed by atoms with Crippen molar-refractivity contribution in [2.45, 2.75) is 25.8 Å². The average Bonchev–Trinajstić information content (AvgIpc) is 2.92. The van der Waals surface area contributed by atoms with Gasteiger partial charge in [-0.3, -0.25) is 0 Å². The van der Waals surface area contributed by atoms with Gasteiger partial charge < -0.3 is 0 Å². The Morgan fingerprint density at radius 1 is 1.25 bits per heavy atom. The second kappa shape index (κ2) is 6.10. The quantitative estimate of drug-likeness (QED) is 0.827. The SMILES string of the molecule is CC(CS(=O)(=O)NC(C)c1nn[nH]n1)c1ccccc1. The monoisotopic (exact) mass is 295 g/mol. The number of nitrogens with one attached hydrogen (secondary N) is 2. The van der Waals surface area contributed by atoms with Crippen LogP contribution in [-0.4, -0.2) is 34.8 Å². The van der Waals surface area contributed by atoms with Crippen LogP contribution >= 0.6 is 0 Å². The molecule has 0 saturated heterocycles. The molecule has 1 aromatic carbocycles. The summed E-state index contributed by atoms with van der Waals surface area (Å²) in [6, 6.07) is 9.02. The minimum Gasteiger partial charge on any atom is -0.212 e. The van der Waals surface area contributed by atoms with E-state index in [4.69, 9.17) is 0 Å². The predicted molar refractivity (Wildman–Crippen MR) is 74.4 cm³/mol. The number of nitrogens with zero attached hydrogens (tertiary/aromatic N) is 3. The maximum absolute atomic E-state index is 12.1. The van der Waals surface area contributed by atoms with Crippen LogP contribution in [-0.2, 0) is 10.0 Å². The summed E-state index contributed by atoms with van der Waals surface area (Å²) in [5.41, 5.74) is 0.991. The van der Waals surface area contributed by atoms with Gasteiger partial charge in [-0.15, -0.1) is 10.2 Å². The molecular weight excluding hydrogens is 278 g/mol. The highest BCUT2D eigenvalue weighted by atomic mass is 32.2. The highest BCUT2D eigenvalue weighted by Crippen LogP contribution is 2.17. The zero-order valence-corrected chi connectivity index (χ0v) is 12.1. The van der Waals surface area contributed by atoms with Crippen molar-refractivity contribution in [3.8, 4) is 0 Å². The molecule has 2 atom stereocenters. The molecule has 0 aliphatic heterocycles. The molecule has 0 radical (unpaired) electrons. The van der Waals surface area contributed by atoms with Crippen molar-refractivity contribution in [1.29, 1.82) is 0 Å². The van der Waals surface area contributed by atoms with Crippen LogP contribution in [0.2, 0.25) is 0 Å². The lowest BCUT2D eigenvalue weighted by molar-refractivity contribution is 0.555. The van der Waals surface area contributed by atoms with Gasteiger partial charge in [-0.1, -0.05) is 42.5 Å². The van der Waals surface area contributed by atoms with E-state index in [1.807, 2.05) is 37.3 Å². The van der Waals surface area contributed by atoms with Crippen LogP contribution < -0.4 is 4.72 Å². The van der Waals surface area contributed by atoms with Gasteiger partial charge in [0, 0.05) is 0 Å². The molecule has 20 heavy (non-hydrogen) atoms. The standard InChI is InChI=1S/C12H17N5O2S/c1-9(11-6-4-3-5-7-11)8-20(18,19)15-10(2)12-13-16-17-14-12/h3-7,9-10,15H,8H2,1-2H3,(H,13,14,16,17). The fourth-order valence-corrected chi connectivity index (χ4v) is 3.52. The van der Waals surface area contributed by atoms with Gasteiger partial charge in [-0.05, 0) is 18.4 Å². The maximum Gasteiger partial charge on any atom is 0.212 e. The van der Waals surface area contributed by atoms with Crippen LogP contribution in [0, 0.1) is 0 Å². The fraction of sp³-hybridized carbons (Fsp3) is 0.417. The van der Waals surface area contributed by atoms with Crippen molar-refractivity contribution >= 4 is 10.0 Å². The molecule has 1 heterocycles. The number of hydrogen-bond acceptors (Lipinski definition) is 5. The van der Waals surface area contributed by atoms with Crippen molar-refractivity contribution < 1.29 is 8.42 Å². The molecule has 2 unspecified atom stereocenters. The lowest BCUT2D eigenvalue weighted by Gasteiger charge is -2.15. The van der Waals surface area contributed by atoms with Gasteiger partial charge in [0.25, 0.3) is 0 Å². The van der Waals surface area contributed by atoms with Gasteiger partial charge in [-0.2, -0.15) is 5.21 Å². The molecule has 7 nitrogen and oxygen atoms in total. The zero-order chi connectivity index (χ0) is 14.6. The molecule has 0 amide bonds. The van der Waals surface area contributed by atoms with E-state index in [0.717, 1.165) is 5.56 Å². The number of aromatic amines is 1. The summed E-state index contributed by atoms with van der Waals surface area (Å²) in [6.07, 6.45) is 0. The van der Waals surface area contributed by atoms with Gasteiger partial charge >= 0.3 is 0 Å². The van der Waals surface area contributed by atoms with E-state index in [2.05, 4.69) is 25.3 Å². The Labute approximate surface area is 117 Å². The van der Waals surface area contributed by atoms with Crippen molar-refractivity contribution in [3.05, 3.63) is 41.7 Å². The molecular formula is C12H17N5O2S. The summed E-state index contributed by atoms with van der Waals surface area (Å²) in [4.78, 5) is 0. The number of rotatable bonds is 6. The third-order valence-electron chi connectivity index (χ3n) is 2.94. The van der Waals surface area contributed by atoms with Crippen LogP contribution in [0.25, 0.3) is 0 Å². The molecule has 2 N–H and O–H groups in total. The zero-order valence-electron chi connectivity index (χ0n) is 11.3. The molecule has 1 aromatic heterocycles. The third kappa shape index (κ3) is 3.84. The number of tetrazole rings is 1. The molecule has 108 valence electrons. The first kappa shape index (κ1) is 14.6. The largest absolute Gasteiger partial charge is 0.212 e. The van der Waals surface area contributed by atoms with E-state index < -0.39 is 16.1 Å². The van der Waals surface area contributed by atoms with Gasteiger partial charge in [0.2, 0.25) is 10.0 Å². The topological polar surface area (TPSA) is 101 Å². The minimum atomic E-state index is -3.43. The van der Waals surface area contributed by atoms with Crippen LogP contribution in [0.4, 0.5) is 0 Å². The Balaban J connectivity index is 2.01. The first-order valence-corrected chi connectivity index (χ1v) is 7.91. The summed E-state index contributed by atoms with van der Waals surface area (Å²) >= 11 is 0. The van der Waals surface area contributed by atoms with Crippen molar-refractivity contribution in [2.24, 2.45) is 0 Å². The average molecular weight is 295 g/mol. The van der Waals surface area contributed by atoms with Gasteiger partial charge in [0.05, 0.1) is 11.8 Å². The third-order valence-corrected chi connectivity index (χ3v) is 4.59. The van der Waals surface area contributed by atoms with E-state index in [9.17, 15) is 8.42 Å². The molecule has 0 bridgehead atoms.